The third-order valence-corrected chi connectivity index (χ3v) is 3.52. The summed E-state index contributed by atoms with van der Waals surface area (Å²) in [6.45, 7) is 6.45. The molecule has 20 heavy (non-hydrogen) atoms. The molecule has 0 saturated carbocycles. The summed E-state index contributed by atoms with van der Waals surface area (Å²) in [5.41, 5.74) is 5.16. The summed E-state index contributed by atoms with van der Waals surface area (Å²) in [7, 11) is 0. The third kappa shape index (κ3) is 3.36. The zero-order chi connectivity index (χ0) is 14.4. The van der Waals surface area contributed by atoms with Crippen LogP contribution in [0.2, 0.25) is 0 Å². The summed E-state index contributed by atoms with van der Waals surface area (Å²) in [5.74, 6) is 5.65. The molecule has 0 saturated heterocycles. The van der Waals surface area contributed by atoms with Gasteiger partial charge in [-0.15, -0.1) is 0 Å². The van der Waals surface area contributed by atoms with Crippen molar-refractivity contribution in [3.05, 3.63) is 30.0 Å². The van der Waals surface area contributed by atoms with Gasteiger partial charge in [0.05, 0.1) is 11.2 Å². The van der Waals surface area contributed by atoms with Crippen molar-refractivity contribution in [1.29, 1.82) is 0 Å². The molecule has 1 aromatic heterocycles. The van der Waals surface area contributed by atoms with Crippen LogP contribution in [0, 0.1) is 0 Å². The Kier molecular flexibility index (Phi) is 5.52. The molecule has 5 nitrogen and oxygen atoms in total. The summed E-state index contributed by atoms with van der Waals surface area (Å²) in [6.07, 6.45) is 1.70. The van der Waals surface area contributed by atoms with E-state index in [0.29, 0.717) is 0 Å². The van der Waals surface area contributed by atoms with Crippen LogP contribution < -0.4 is 11.3 Å². The molecule has 1 aromatic carbocycles. The van der Waals surface area contributed by atoms with Crippen LogP contribution in [-0.2, 0) is 17.7 Å². The summed E-state index contributed by atoms with van der Waals surface area (Å²) in [6, 6.07) is 8.53. The third-order valence-electron chi connectivity index (χ3n) is 3.52. The van der Waals surface area contributed by atoms with Crippen LogP contribution in [0.3, 0.4) is 0 Å². The van der Waals surface area contributed by atoms with Gasteiger partial charge in [-0.3, -0.25) is 16.0 Å². The molecule has 0 aliphatic heterocycles. The first-order valence-corrected chi connectivity index (χ1v) is 7.28. The second-order valence-corrected chi connectivity index (χ2v) is 4.83. The second kappa shape index (κ2) is 7.38. The number of nitrogens with one attached hydrogen (secondary N) is 1. The Labute approximate surface area is 120 Å². The van der Waals surface area contributed by atoms with E-state index in [2.05, 4.69) is 30.5 Å². The number of aryl methyl sites for hydroxylation is 1. The Hall–Kier alpha value is -1.43. The van der Waals surface area contributed by atoms with Crippen LogP contribution in [0.4, 0.5) is 0 Å². The van der Waals surface area contributed by atoms with E-state index in [-0.39, 0.29) is 6.04 Å². The standard InChI is InChI=1S/C15H24N4O/c1-3-19-15-8-6-5-7-13(15)14(18-19)11-12(17-16)9-10-20-4-2/h5-8,12,17H,3-4,9-11,16H2,1-2H3. The van der Waals surface area contributed by atoms with E-state index in [9.17, 15) is 0 Å². The Morgan fingerprint density at radius 3 is 2.85 bits per heavy atom. The zero-order valence-corrected chi connectivity index (χ0v) is 12.3. The molecule has 0 aliphatic rings. The monoisotopic (exact) mass is 276 g/mol. The first kappa shape index (κ1) is 15.0. The smallest absolute Gasteiger partial charge is 0.0719 e. The summed E-state index contributed by atoms with van der Waals surface area (Å²) < 4.78 is 7.44. The van der Waals surface area contributed by atoms with Gasteiger partial charge in [0.15, 0.2) is 0 Å². The topological polar surface area (TPSA) is 65.1 Å². The fourth-order valence-electron chi connectivity index (χ4n) is 2.44. The van der Waals surface area contributed by atoms with Crippen LogP contribution in [0.1, 0.15) is 26.0 Å². The van der Waals surface area contributed by atoms with E-state index >= 15 is 0 Å². The molecular formula is C15H24N4O. The van der Waals surface area contributed by atoms with Crippen molar-refractivity contribution in [2.75, 3.05) is 13.2 Å². The minimum Gasteiger partial charge on any atom is -0.382 e. The maximum atomic E-state index is 5.65. The van der Waals surface area contributed by atoms with Crippen LogP contribution in [0.15, 0.2) is 24.3 Å². The highest BCUT2D eigenvalue weighted by Gasteiger charge is 2.14. The number of hydrazine groups is 1. The van der Waals surface area contributed by atoms with E-state index in [0.717, 1.165) is 38.3 Å². The molecule has 0 amide bonds. The number of fused-ring (bicyclic) bond motifs is 1. The number of hydrogen-bond acceptors (Lipinski definition) is 4. The van der Waals surface area contributed by atoms with E-state index in [1.807, 2.05) is 17.7 Å². The van der Waals surface area contributed by atoms with Crippen LogP contribution >= 0.6 is 0 Å². The predicted octanol–water partition coefficient (Wildman–Crippen LogP) is 1.86. The van der Waals surface area contributed by atoms with E-state index in [1.165, 1.54) is 10.9 Å². The molecule has 0 spiro atoms. The van der Waals surface area contributed by atoms with Crippen molar-refractivity contribution < 1.29 is 4.74 Å². The van der Waals surface area contributed by atoms with Crippen molar-refractivity contribution in [2.24, 2.45) is 5.84 Å². The minimum atomic E-state index is 0.185. The van der Waals surface area contributed by atoms with Crippen molar-refractivity contribution >= 4 is 10.9 Å². The van der Waals surface area contributed by atoms with Gasteiger partial charge < -0.3 is 4.74 Å². The highest BCUT2D eigenvalue weighted by atomic mass is 16.5. The lowest BCUT2D eigenvalue weighted by molar-refractivity contribution is 0.136. The highest BCUT2D eigenvalue weighted by Crippen LogP contribution is 2.20. The molecule has 2 aromatic rings. The maximum Gasteiger partial charge on any atom is 0.0719 e. The van der Waals surface area contributed by atoms with Gasteiger partial charge in [0, 0.05) is 37.6 Å². The van der Waals surface area contributed by atoms with Crippen molar-refractivity contribution in [3.8, 4) is 0 Å². The van der Waals surface area contributed by atoms with Gasteiger partial charge in [0.1, 0.15) is 0 Å². The summed E-state index contributed by atoms with van der Waals surface area (Å²) >= 11 is 0. The van der Waals surface area contributed by atoms with Gasteiger partial charge in [0.25, 0.3) is 0 Å². The van der Waals surface area contributed by atoms with Crippen molar-refractivity contribution in [1.82, 2.24) is 15.2 Å². The number of rotatable bonds is 8. The van der Waals surface area contributed by atoms with E-state index in [1.54, 1.807) is 0 Å². The second-order valence-electron chi connectivity index (χ2n) is 4.83. The van der Waals surface area contributed by atoms with Crippen molar-refractivity contribution in [3.63, 3.8) is 0 Å². The molecule has 0 bridgehead atoms. The van der Waals surface area contributed by atoms with Crippen molar-refractivity contribution in [2.45, 2.75) is 39.3 Å². The number of nitrogens with two attached hydrogens (primary N) is 1. The first-order chi connectivity index (χ1) is 9.80. The molecule has 3 N–H and O–H groups in total. The number of ether oxygens (including phenoxy) is 1. The molecular weight excluding hydrogens is 252 g/mol. The molecule has 5 heteroatoms. The van der Waals surface area contributed by atoms with Gasteiger partial charge >= 0.3 is 0 Å². The van der Waals surface area contributed by atoms with Crippen LogP contribution in [0.5, 0.6) is 0 Å². The maximum absolute atomic E-state index is 5.65. The molecule has 1 unspecified atom stereocenters. The van der Waals surface area contributed by atoms with Gasteiger partial charge in [0.2, 0.25) is 0 Å². The van der Waals surface area contributed by atoms with Gasteiger partial charge in [-0.25, -0.2) is 0 Å². The number of aromatic nitrogens is 2. The Balaban J connectivity index is 2.15. The molecule has 110 valence electrons. The summed E-state index contributed by atoms with van der Waals surface area (Å²) in [5, 5.41) is 5.92. The van der Waals surface area contributed by atoms with Gasteiger partial charge in [-0.05, 0) is 26.3 Å². The molecule has 1 atom stereocenters. The van der Waals surface area contributed by atoms with E-state index < -0.39 is 0 Å². The summed E-state index contributed by atoms with van der Waals surface area (Å²) in [4.78, 5) is 0. The number of para-hydroxylation sites is 1. The largest absolute Gasteiger partial charge is 0.382 e. The van der Waals surface area contributed by atoms with E-state index in [4.69, 9.17) is 15.7 Å². The lowest BCUT2D eigenvalue weighted by atomic mass is 10.1. The number of hydrogen-bond donors (Lipinski definition) is 2. The highest BCUT2D eigenvalue weighted by molar-refractivity contribution is 5.82. The lowest BCUT2D eigenvalue weighted by Gasteiger charge is -2.14. The zero-order valence-electron chi connectivity index (χ0n) is 12.3. The lowest BCUT2D eigenvalue weighted by Crippen LogP contribution is -2.37. The Bertz CT molecular complexity index is 538. The molecule has 0 aliphatic carbocycles. The first-order valence-electron chi connectivity index (χ1n) is 7.28. The SMILES string of the molecule is CCOCCC(Cc1nn(CC)c2ccccc12)NN. The minimum absolute atomic E-state index is 0.185. The molecule has 2 rings (SSSR count). The molecule has 0 radical (unpaired) electrons. The quantitative estimate of drug-likeness (QED) is 0.439. The molecule has 0 fully saturated rings. The fraction of sp³-hybridized carbons (Fsp3) is 0.533. The van der Waals surface area contributed by atoms with Crippen LogP contribution in [0.25, 0.3) is 10.9 Å². The Morgan fingerprint density at radius 1 is 1.35 bits per heavy atom. The average molecular weight is 276 g/mol. The normalized spacial score (nSPS) is 12.9. The van der Waals surface area contributed by atoms with Gasteiger partial charge in [-0.1, -0.05) is 18.2 Å². The Morgan fingerprint density at radius 2 is 2.15 bits per heavy atom. The number of benzene rings is 1. The number of nitrogens with zero attached hydrogens (tertiary/aromatic N) is 2. The predicted molar refractivity (Wildman–Crippen MR) is 81.3 cm³/mol. The van der Waals surface area contributed by atoms with Crippen LogP contribution in [-0.4, -0.2) is 29.0 Å². The fourth-order valence-corrected chi connectivity index (χ4v) is 2.44. The molecule has 1 heterocycles. The van der Waals surface area contributed by atoms with Gasteiger partial charge in [-0.2, -0.15) is 5.10 Å². The average Bonchev–Trinajstić information content (AvgIpc) is 2.84.